The molecular formula is C12H15FN2O3. The first-order valence-corrected chi connectivity index (χ1v) is 5.76. The van der Waals surface area contributed by atoms with Crippen molar-refractivity contribution < 1.29 is 14.1 Å². The summed E-state index contributed by atoms with van der Waals surface area (Å²) in [5.74, 6) is -0.800. The van der Waals surface area contributed by atoms with Crippen LogP contribution in [0, 0.1) is 15.9 Å². The summed E-state index contributed by atoms with van der Waals surface area (Å²) in [5, 5.41) is 10.7. The Morgan fingerprint density at radius 1 is 1.67 bits per heavy atom. The number of hydrogen-bond acceptors (Lipinski definition) is 4. The molecule has 1 saturated heterocycles. The molecule has 2 N–H and O–H groups in total. The van der Waals surface area contributed by atoms with E-state index < -0.39 is 22.0 Å². The van der Waals surface area contributed by atoms with Crippen LogP contribution in [0.4, 0.5) is 10.1 Å². The molecule has 0 amide bonds. The highest BCUT2D eigenvalue weighted by molar-refractivity contribution is 5.37. The van der Waals surface area contributed by atoms with Crippen LogP contribution in [-0.2, 0) is 11.2 Å². The smallest absolute Gasteiger partial charge is 0.305 e. The van der Waals surface area contributed by atoms with E-state index in [0.717, 1.165) is 6.07 Å². The van der Waals surface area contributed by atoms with Crippen LogP contribution in [0.2, 0.25) is 0 Å². The van der Waals surface area contributed by atoms with Crippen molar-refractivity contribution in [3.05, 3.63) is 39.7 Å². The van der Waals surface area contributed by atoms with Gasteiger partial charge in [-0.1, -0.05) is 12.1 Å². The van der Waals surface area contributed by atoms with Crippen LogP contribution in [0.3, 0.4) is 0 Å². The van der Waals surface area contributed by atoms with Gasteiger partial charge in [0, 0.05) is 18.2 Å². The Morgan fingerprint density at radius 3 is 2.94 bits per heavy atom. The SMILES string of the molecule is CC1OCCC1(N)Cc1cccc([N+](=O)[O-])c1F. The number of nitro benzene ring substituents is 1. The number of nitrogens with zero attached hydrogens (tertiary/aromatic N) is 1. The molecule has 18 heavy (non-hydrogen) atoms. The molecular weight excluding hydrogens is 239 g/mol. The summed E-state index contributed by atoms with van der Waals surface area (Å²) in [6.45, 7) is 2.37. The number of halogens is 1. The Labute approximate surface area is 104 Å². The van der Waals surface area contributed by atoms with Crippen molar-refractivity contribution in [2.24, 2.45) is 5.73 Å². The highest BCUT2D eigenvalue weighted by atomic mass is 19.1. The number of rotatable bonds is 3. The molecule has 2 atom stereocenters. The Hall–Kier alpha value is -1.53. The lowest BCUT2D eigenvalue weighted by atomic mass is 9.86. The van der Waals surface area contributed by atoms with Crippen LogP contribution < -0.4 is 5.73 Å². The van der Waals surface area contributed by atoms with Gasteiger partial charge in [-0.3, -0.25) is 10.1 Å². The minimum Gasteiger partial charge on any atom is -0.377 e. The summed E-state index contributed by atoms with van der Waals surface area (Å²) < 4.78 is 19.3. The van der Waals surface area contributed by atoms with Crippen molar-refractivity contribution >= 4 is 5.69 Å². The maximum absolute atomic E-state index is 13.9. The Morgan fingerprint density at radius 2 is 2.39 bits per heavy atom. The lowest BCUT2D eigenvalue weighted by Gasteiger charge is -2.27. The summed E-state index contributed by atoms with van der Waals surface area (Å²) in [7, 11) is 0. The van der Waals surface area contributed by atoms with E-state index >= 15 is 0 Å². The molecule has 0 aromatic heterocycles. The van der Waals surface area contributed by atoms with E-state index in [2.05, 4.69) is 0 Å². The third kappa shape index (κ3) is 2.21. The lowest BCUT2D eigenvalue weighted by molar-refractivity contribution is -0.387. The van der Waals surface area contributed by atoms with E-state index in [9.17, 15) is 14.5 Å². The van der Waals surface area contributed by atoms with Gasteiger partial charge < -0.3 is 10.5 Å². The highest BCUT2D eigenvalue weighted by Crippen LogP contribution is 2.30. The fourth-order valence-electron chi connectivity index (χ4n) is 2.23. The molecule has 1 aliphatic rings. The number of hydrogen-bond donors (Lipinski definition) is 1. The van der Waals surface area contributed by atoms with Crippen molar-refractivity contribution in [3.63, 3.8) is 0 Å². The summed E-state index contributed by atoms with van der Waals surface area (Å²) >= 11 is 0. The number of ether oxygens (including phenoxy) is 1. The van der Waals surface area contributed by atoms with Gasteiger partial charge in [0.2, 0.25) is 5.82 Å². The fourth-order valence-corrected chi connectivity index (χ4v) is 2.23. The zero-order valence-corrected chi connectivity index (χ0v) is 10.1. The molecule has 2 rings (SSSR count). The monoisotopic (exact) mass is 254 g/mol. The summed E-state index contributed by atoms with van der Waals surface area (Å²) in [5.41, 5.74) is 5.27. The Kier molecular flexibility index (Phi) is 3.32. The molecule has 98 valence electrons. The van der Waals surface area contributed by atoms with E-state index in [1.165, 1.54) is 12.1 Å². The summed E-state index contributed by atoms with van der Waals surface area (Å²) in [6, 6.07) is 4.15. The van der Waals surface area contributed by atoms with Crippen molar-refractivity contribution in [1.29, 1.82) is 0 Å². The van der Waals surface area contributed by atoms with Crippen molar-refractivity contribution in [2.45, 2.75) is 31.4 Å². The van der Waals surface area contributed by atoms with Gasteiger partial charge in [0.25, 0.3) is 0 Å². The number of nitro groups is 1. The van der Waals surface area contributed by atoms with Gasteiger partial charge in [0.1, 0.15) is 0 Å². The van der Waals surface area contributed by atoms with E-state index in [1.54, 1.807) is 0 Å². The highest BCUT2D eigenvalue weighted by Gasteiger charge is 2.38. The second kappa shape index (κ2) is 4.62. The summed E-state index contributed by atoms with van der Waals surface area (Å²) in [4.78, 5) is 9.94. The van der Waals surface area contributed by atoms with Crippen LogP contribution in [-0.4, -0.2) is 23.2 Å². The maximum Gasteiger partial charge on any atom is 0.305 e. The molecule has 1 aromatic rings. The zero-order chi connectivity index (χ0) is 13.3. The third-order valence-electron chi connectivity index (χ3n) is 3.52. The van der Waals surface area contributed by atoms with E-state index in [1.807, 2.05) is 6.92 Å². The molecule has 2 unspecified atom stereocenters. The molecule has 0 spiro atoms. The zero-order valence-electron chi connectivity index (χ0n) is 10.1. The fraction of sp³-hybridized carbons (Fsp3) is 0.500. The predicted octanol–water partition coefficient (Wildman–Crippen LogP) is 1.78. The quantitative estimate of drug-likeness (QED) is 0.658. The van der Waals surface area contributed by atoms with Crippen LogP contribution in [0.1, 0.15) is 18.9 Å². The largest absolute Gasteiger partial charge is 0.377 e. The first-order valence-electron chi connectivity index (χ1n) is 5.76. The van der Waals surface area contributed by atoms with Gasteiger partial charge in [0.05, 0.1) is 11.0 Å². The van der Waals surface area contributed by atoms with Crippen LogP contribution in [0.5, 0.6) is 0 Å². The molecule has 0 radical (unpaired) electrons. The maximum atomic E-state index is 13.9. The normalized spacial score (nSPS) is 27.4. The third-order valence-corrected chi connectivity index (χ3v) is 3.52. The standard InChI is InChI=1S/C12H15FN2O3/c1-8-12(14,5-6-18-8)7-9-3-2-4-10(11(9)13)15(16)17/h2-4,8H,5-7,14H2,1H3. The minimum absolute atomic E-state index is 0.184. The number of benzene rings is 1. The minimum atomic E-state index is -0.800. The lowest BCUT2D eigenvalue weighted by Crippen LogP contribution is -2.48. The van der Waals surface area contributed by atoms with Gasteiger partial charge in [-0.15, -0.1) is 0 Å². The molecule has 1 heterocycles. The number of nitrogens with two attached hydrogens (primary N) is 1. The Balaban J connectivity index is 2.30. The molecule has 1 fully saturated rings. The Bertz CT molecular complexity index is 480. The molecule has 1 aromatic carbocycles. The van der Waals surface area contributed by atoms with E-state index in [0.29, 0.717) is 13.0 Å². The van der Waals surface area contributed by atoms with Gasteiger partial charge >= 0.3 is 5.69 Å². The van der Waals surface area contributed by atoms with Crippen molar-refractivity contribution in [1.82, 2.24) is 0 Å². The van der Waals surface area contributed by atoms with Crippen LogP contribution >= 0.6 is 0 Å². The van der Waals surface area contributed by atoms with Crippen LogP contribution in [0.15, 0.2) is 18.2 Å². The van der Waals surface area contributed by atoms with Gasteiger partial charge in [-0.05, 0) is 25.3 Å². The molecule has 0 bridgehead atoms. The average molecular weight is 254 g/mol. The molecule has 6 heteroatoms. The predicted molar refractivity (Wildman–Crippen MR) is 63.7 cm³/mol. The van der Waals surface area contributed by atoms with Gasteiger partial charge in [0.15, 0.2) is 0 Å². The summed E-state index contributed by atoms with van der Waals surface area (Å²) in [6.07, 6.45) is 0.675. The second-order valence-corrected chi connectivity index (χ2v) is 4.68. The first kappa shape index (κ1) is 12.9. The molecule has 0 aliphatic carbocycles. The molecule has 1 aliphatic heterocycles. The molecule has 5 nitrogen and oxygen atoms in total. The van der Waals surface area contributed by atoms with Crippen molar-refractivity contribution in [3.8, 4) is 0 Å². The average Bonchev–Trinajstić information content (AvgIpc) is 2.62. The topological polar surface area (TPSA) is 78.4 Å². The van der Waals surface area contributed by atoms with E-state index in [4.69, 9.17) is 10.5 Å². The second-order valence-electron chi connectivity index (χ2n) is 4.68. The first-order chi connectivity index (χ1) is 8.44. The van der Waals surface area contributed by atoms with Gasteiger partial charge in [-0.2, -0.15) is 4.39 Å². The van der Waals surface area contributed by atoms with E-state index in [-0.39, 0.29) is 18.1 Å². The van der Waals surface area contributed by atoms with Crippen LogP contribution in [0.25, 0.3) is 0 Å². The van der Waals surface area contributed by atoms with Gasteiger partial charge in [-0.25, -0.2) is 0 Å². The van der Waals surface area contributed by atoms with Crippen molar-refractivity contribution in [2.75, 3.05) is 6.61 Å². The molecule has 0 saturated carbocycles.